The Labute approximate surface area is 103 Å². The molecule has 2 aromatic rings. The smallest absolute Gasteiger partial charge is 0.144 e. The molecule has 5 heteroatoms. The summed E-state index contributed by atoms with van der Waals surface area (Å²) in [6.07, 6.45) is 0. The number of alkyl halides is 1. The third-order valence-electron chi connectivity index (χ3n) is 2.44. The lowest BCUT2D eigenvalue weighted by Gasteiger charge is -2.11. The van der Waals surface area contributed by atoms with E-state index in [2.05, 4.69) is 4.98 Å². The van der Waals surface area contributed by atoms with Crippen LogP contribution in [0.25, 0.3) is 11.0 Å². The molecule has 0 fully saturated rings. The summed E-state index contributed by atoms with van der Waals surface area (Å²) in [5, 5.41) is 0.107. The number of hydrogen-bond acceptors (Lipinski definition) is 1. The summed E-state index contributed by atoms with van der Waals surface area (Å²) in [5.74, 6) is 0.573. The molecule has 0 atom stereocenters. The van der Waals surface area contributed by atoms with Crippen molar-refractivity contribution in [2.45, 2.75) is 25.8 Å². The zero-order valence-electron chi connectivity index (χ0n) is 8.97. The Hall–Kier alpha value is -0.800. The highest BCUT2D eigenvalue weighted by atomic mass is 35.5. The fraction of sp³-hybridized carbons (Fsp3) is 0.364. The van der Waals surface area contributed by atoms with Crippen molar-refractivity contribution < 1.29 is 4.39 Å². The Balaban J connectivity index is 2.79. The van der Waals surface area contributed by atoms with Gasteiger partial charge >= 0.3 is 0 Å². The van der Waals surface area contributed by atoms with Crippen molar-refractivity contribution in [2.24, 2.45) is 0 Å². The Bertz CT molecular complexity index is 534. The highest BCUT2D eigenvalue weighted by molar-refractivity contribution is 6.31. The number of hydrogen-bond donors (Lipinski definition) is 0. The monoisotopic (exact) mass is 260 g/mol. The van der Waals surface area contributed by atoms with Crippen LogP contribution in [0.1, 0.15) is 25.7 Å². The first-order chi connectivity index (χ1) is 7.54. The zero-order valence-corrected chi connectivity index (χ0v) is 10.5. The Morgan fingerprint density at radius 2 is 2.12 bits per heavy atom. The van der Waals surface area contributed by atoms with Gasteiger partial charge in [0.1, 0.15) is 11.6 Å². The van der Waals surface area contributed by atoms with Crippen molar-refractivity contribution >= 4 is 34.2 Å². The number of rotatable bonds is 2. The first-order valence-electron chi connectivity index (χ1n) is 4.96. The van der Waals surface area contributed by atoms with E-state index < -0.39 is 5.82 Å². The number of benzene rings is 1. The van der Waals surface area contributed by atoms with E-state index in [9.17, 15) is 4.39 Å². The summed E-state index contributed by atoms with van der Waals surface area (Å²) < 4.78 is 15.2. The third kappa shape index (κ3) is 1.78. The average Bonchev–Trinajstić information content (AvgIpc) is 2.56. The van der Waals surface area contributed by atoms with Crippen molar-refractivity contribution in [3.05, 3.63) is 28.8 Å². The van der Waals surface area contributed by atoms with Crippen LogP contribution in [-0.2, 0) is 5.88 Å². The molecule has 1 aromatic carbocycles. The van der Waals surface area contributed by atoms with Gasteiger partial charge < -0.3 is 4.57 Å². The minimum absolute atomic E-state index is 0.107. The molecule has 0 saturated carbocycles. The molecule has 0 aliphatic heterocycles. The van der Waals surface area contributed by atoms with Gasteiger partial charge in [0.15, 0.2) is 0 Å². The summed E-state index contributed by atoms with van der Waals surface area (Å²) >= 11 is 11.6. The van der Waals surface area contributed by atoms with Crippen LogP contribution in [-0.4, -0.2) is 9.55 Å². The molecule has 2 rings (SSSR count). The van der Waals surface area contributed by atoms with Crippen LogP contribution >= 0.6 is 23.2 Å². The molecule has 16 heavy (non-hydrogen) atoms. The molecule has 0 bridgehead atoms. The lowest BCUT2D eigenvalue weighted by molar-refractivity contribution is 0.596. The molecule has 2 nitrogen and oxygen atoms in total. The summed E-state index contributed by atoms with van der Waals surface area (Å²) in [5.41, 5.74) is 1.41. The first-order valence-corrected chi connectivity index (χ1v) is 5.87. The zero-order chi connectivity index (χ0) is 11.9. The summed E-state index contributed by atoms with van der Waals surface area (Å²) in [7, 11) is 0. The van der Waals surface area contributed by atoms with Crippen molar-refractivity contribution in [2.75, 3.05) is 0 Å². The fourth-order valence-corrected chi connectivity index (χ4v) is 2.16. The molecule has 0 radical (unpaired) electrons. The van der Waals surface area contributed by atoms with E-state index >= 15 is 0 Å². The van der Waals surface area contributed by atoms with Gasteiger partial charge in [0.25, 0.3) is 0 Å². The van der Waals surface area contributed by atoms with E-state index in [0.29, 0.717) is 11.4 Å². The maximum absolute atomic E-state index is 13.3. The molecule has 86 valence electrons. The quantitative estimate of drug-likeness (QED) is 0.742. The van der Waals surface area contributed by atoms with E-state index in [0.717, 1.165) is 11.3 Å². The van der Waals surface area contributed by atoms with E-state index in [4.69, 9.17) is 23.2 Å². The van der Waals surface area contributed by atoms with E-state index in [1.54, 1.807) is 6.07 Å². The number of aromatic nitrogens is 2. The van der Waals surface area contributed by atoms with Crippen LogP contribution in [0.15, 0.2) is 12.1 Å². The van der Waals surface area contributed by atoms with Gasteiger partial charge in [0, 0.05) is 12.1 Å². The summed E-state index contributed by atoms with van der Waals surface area (Å²) in [4.78, 5) is 4.29. The van der Waals surface area contributed by atoms with Gasteiger partial charge in [0.05, 0.1) is 21.9 Å². The topological polar surface area (TPSA) is 17.8 Å². The second kappa shape index (κ2) is 4.22. The Kier molecular flexibility index (Phi) is 3.08. The molecule has 1 aromatic heterocycles. The minimum Gasteiger partial charge on any atom is -0.324 e. The van der Waals surface area contributed by atoms with Gasteiger partial charge in [-0.2, -0.15) is 0 Å². The predicted molar refractivity (Wildman–Crippen MR) is 64.6 cm³/mol. The van der Waals surface area contributed by atoms with E-state index in [-0.39, 0.29) is 11.1 Å². The highest BCUT2D eigenvalue weighted by Gasteiger charge is 2.14. The number of imidazole rings is 1. The summed E-state index contributed by atoms with van der Waals surface area (Å²) in [6.45, 7) is 4.04. The van der Waals surface area contributed by atoms with Gasteiger partial charge in [0.2, 0.25) is 0 Å². The lowest BCUT2D eigenvalue weighted by Crippen LogP contribution is -2.04. The fourth-order valence-electron chi connectivity index (χ4n) is 1.81. The van der Waals surface area contributed by atoms with Gasteiger partial charge in [-0.05, 0) is 19.9 Å². The standard InChI is InChI=1S/C11H11Cl2FN2/c1-6(2)16-10-3-7(13)8(14)4-9(10)15-11(16)5-12/h3-4,6H,5H2,1-2H3. The molecule has 0 unspecified atom stereocenters. The highest BCUT2D eigenvalue weighted by Crippen LogP contribution is 2.27. The summed E-state index contributed by atoms with van der Waals surface area (Å²) in [6, 6.07) is 3.14. The van der Waals surface area contributed by atoms with Gasteiger partial charge in [-0.25, -0.2) is 9.37 Å². The van der Waals surface area contributed by atoms with E-state index in [1.165, 1.54) is 6.07 Å². The minimum atomic E-state index is -0.455. The molecule has 0 spiro atoms. The van der Waals surface area contributed by atoms with Gasteiger partial charge in [-0.3, -0.25) is 0 Å². The maximum Gasteiger partial charge on any atom is 0.144 e. The molecule has 0 aliphatic carbocycles. The predicted octanol–water partition coefficient (Wildman–Crippen LogP) is 4.15. The largest absolute Gasteiger partial charge is 0.324 e. The van der Waals surface area contributed by atoms with Crippen LogP contribution in [0.4, 0.5) is 4.39 Å². The molecular weight excluding hydrogens is 250 g/mol. The second-order valence-corrected chi connectivity index (χ2v) is 4.55. The lowest BCUT2D eigenvalue weighted by atomic mass is 10.3. The van der Waals surface area contributed by atoms with Gasteiger partial charge in [-0.1, -0.05) is 11.6 Å². The van der Waals surface area contributed by atoms with E-state index in [1.807, 2.05) is 18.4 Å². The second-order valence-electron chi connectivity index (χ2n) is 3.88. The Morgan fingerprint density at radius 3 is 2.69 bits per heavy atom. The van der Waals surface area contributed by atoms with Crippen LogP contribution in [0.3, 0.4) is 0 Å². The molecule has 1 heterocycles. The number of halogens is 3. The molecule has 0 saturated heterocycles. The van der Waals surface area contributed by atoms with Gasteiger partial charge in [-0.15, -0.1) is 11.6 Å². The normalized spacial score (nSPS) is 11.6. The molecule has 0 aliphatic rings. The van der Waals surface area contributed by atoms with Crippen molar-refractivity contribution in [1.29, 1.82) is 0 Å². The SMILES string of the molecule is CC(C)n1c(CCl)nc2cc(F)c(Cl)cc21. The first kappa shape index (κ1) is 11.7. The Morgan fingerprint density at radius 1 is 1.44 bits per heavy atom. The van der Waals surface area contributed by atoms with Crippen LogP contribution < -0.4 is 0 Å². The maximum atomic E-state index is 13.3. The third-order valence-corrected chi connectivity index (χ3v) is 2.97. The molecule has 0 amide bonds. The number of nitrogens with zero attached hydrogens (tertiary/aromatic N) is 2. The van der Waals surface area contributed by atoms with Crippen LogP contribution in [0, 0.1) is 5.82 Å². The molecular formula is C11H11Cl2FN2. The van der Waals surface area contributed by atoms with Crippen molar-refractivity contribution in [3.63, 3.8) is 0 Å². The average molecular weight is 261 g/mol. The number of fused-ring (bicyclic) bond motifs is 1. The van der Waals surface area contributed by atoms with Crippen molar-refractivity contribution in [1.82, 2.24) is 9.55 Å². The van der Waals surface area contributed by atoms with Crippen LogP contribution in [0.2, 0.25) is 5.02 Å². The van der Waals surface area contributed by atoms with Crippen LogP contribution in [0.5, 0.6) is 0 Å². The van der Waals surface area contributed by atoms with Crippen molar-refractivity contribution in [3.8, 4) is 0 Å². The molecule has 0 N–H and O–H groups in total.